The van der Waals surface area contributed by atoms with Gasteiger partial charge in [0.15, 0.2) is 0 Å². The van der Waals surface area contributed by atoms with Gasteiger partial charge >= 0.3 is 0 Å². The van der Waals surface area contributed by atoms with Crippen molar-refractivity contribution in [3.8, 4) is 0 Å². The molecule has 1 aliphatic heterocycles. The van der Waals surface area contributed by atoms with Crippen molar-refractivity contribution in [3.63, 3.8) is 0 Å². The minimum atomic E-state index is 1.04. The normalized spacial score (nSPS) is 17.2. The Labute approximate surface area is 119 Å². The van der Waals surface area contributed by atoms with E-state index in [4.69, 9.17) is 0 Å². The Morgan fingerprint density at radius 3 is 2.74 bits per heavy atom. The average Bonchev–Trinajstić information content (AvgIpc) is 2.90. The van der Waals surface area contributed by atoms with Crippen molar-refractivity contribution in [2.45, 2.75) is 12.8 Å². The third-order valence-corrected chi connectivity index (χ3v) is 4.57. The van der Waals surface area contributed by atoms with Gasteiger partial charge in [0.2, 0.25) is 0 Å². The van der Waals surface area contributed by atoms with Gasteiger partial charge in [0.25, 0.3) is 0 Å². The van der Waals surface area contributed by atoms with Crippen molar-refractivity contribution in [1.82, 2.24) is 9.27 Å². The predicted octanol–water partition coefficient (Wildman–Crippen LogP) is 3.03. The van der Waals surface area contributed by atoms with Crippen LogP contribution >= 0.6 is 11.5 Å². The number of hydrogen-bond acceptors (Lipinski definition) is 4. The van der Waals surface area contributed by atoms with Crippen LogP contribution in [0.3, 0.4) is 0 Å². The van der Waals surface area contributed by atoms with Crippen LogP contribution in [-0.4, -0.2) is 42.0 Å². The summed E-state index contributed by atoms with van der Waals surface area (Å²) in [5.41, 5.74) is 0. The van der Waals surface area contributed by atoms with E-state index in [1.807, 2.05) is 0 Å². The molecule has 1 saturated heterocycles. The first-order valence-corrected chi connectivity index (χ1v) is 7.77. The number of nitrogens with zero attached hydrogens (tertiary/aromatic N) is 3. The van der Waals surface area contributed by atoms with E-state index in [9.17, 15) is 0 Å². The fraction of sp³-hybridized carbons (Fsp3) is 0.467. The van der Waals surface area contributed by atoms with Gasteiger partial charge in [-0.25, -0.2) is 0 Å². The monoisotopic (exact) mass is 274 g/mol. The van der Waals surface area contributed by atoms with Gasteiger partial charge in [0.05, 0.1) is 4.70 Å². The number of fused-ring (bicyclic) bond motifs is 1. The molecular formula is C15H20N3S. The van der Waals surface area contributed by atoms with Crippen molar-refractivity contribution in [1.29, 1.82) is 0 Å². The Morgan fingerprint density at radius 1 is 1.16 bits per heavy atom. The maximum absolute atomic E-state index is 4.65. The van der Waals surface area contributed by atoms with E-state index in [0.717, 1.165) is 32.6 Å². The topological polar surface area (TPSA) is 19.4 Å². The van der Waals surface area contributed by atoms with E-state index in [2.05, 4.69) is 45.4 Å². The number of unbranched alkanes of at least 4 members (excludes halogenated alkanes) is 1. The van der Waals surface area contributed by atoms with Crippen molar-refractivity contribution >= 4 is 27.4 Å². The number of hydrogen-bond donors (Lipinski definition) is 0. The largest absolute Gasteiger partial charge is 0.353 e. The van der Waals surface area contributed by atoms with E-state index in [1.54, 1.807) is 11.5 Å². The summed E-state index contributed by atoms with van der Waals surface area (Å²) < 4.78 is 5.93. The van der Waals surface area contributed by atoms with Gasteiger partial charge in [-0.2, -0.15) is 4.37 Å². The maximum atomic E-state index is 4.65. The van der Waals surface area contributed by atoms with Crippen LogP contribution in [0.5, 0.6) is 0 Å². The smallest absolute Gasteiger partial charge is 0.150 e. The molecule has 4 heteroatoms. The highest BCUT2D eigenvalue weighted by Crippen LogP contribution is 2.29. The van der Waals surface area contributed by atoms with Crippen molar-refractivity contribution < 1.29 is 0 Å². The summed E-state index contributed by atoms with van der Waals surface area (Å²) in [6, 6.07) is 8.52. The van der Waals surface area contributed by atoms with Crippen LogP contribution in [-0.2, 0) is 0 Å². The Bertz CT molecular complexity index is 529. The summed E-state index contributed by atoms with van der Waals surface area (Å²) in [6.45, 7) is 9.57. The Morgan fingerprint density at radius 2 is 1.95 bits per heavy atom. The quantitative estimate of drug-likeness (QED) is 0.854. The summed E-state index contributed by atoms with van der Waals surface area (Å²) in [5.74, 6) is 1.18. The molecule has 0 amide bonds. The molecule has 1 radical (unpaired) electrons. The zero-order chi connectivity index (χ0) is 13.1. The molecule has 0 saturated carbocycles. The van der Waals surface area contributed by atoms with Gasteiger partial charge in [-0.05, 0) is 36.6 Å². The van der Waals surface area contributed by atoms with Crippen LogP contribution in [0.25, 0.3) is 10.1 Å². The molecule has 0 aliphatic carbocycles. The van der Waals surface area contributed by atoms with E-state index < -0.39 is 0 Å². The van der Waals surface area contributed by atoms with Gasteiger partial charge in [-0.15, -0.1) is 0 Å². The molecule has 19 heavy (non-hydrogen) atoms. The highest BCUT2D eigenvalue weighted by Gasteiger charge is 2.19. The molecule has 0 bridgehead atoms. The van der Waals surface area contributed by atoms with Crippen LogP contribution in [0.2, 0.25) is 0 Å². The first kappa shape index (κ1) is 12.9. The zero-order valence-corrected chi connectivity index (χ0v) is 12.0. The summed E-state index contributed by atoms with van der Waals surface area (Å²) >= 11 is 1.61. The SMILES string of the molecule is [CH2]CCCN1CCN(c2nsc3ccccc23)CC1. The molecule has 2 aromatic rings. The predicted molar refractivity (Wildman–Crippen MR) is 82.9 cm³/mol. The van der Waals surface area contributed by atoms with Crippen molar-refractivity contribution in [3.05, 3.63) is 31.2 Å². The van der Waals surface area contributed by atoms with Crippen molar-refractivity contribution in [2.75, 3.05) is 37.6 Å². The molecule has 3 nitrogen and oxygen atoms in total. The highest BCUT2D eigenvalue weighted by molar-refractivity contribution is 7.13. The lowest BCUT2D eigenvalue weighted by atomic mass is 10.2. The molecule has 0 N–H and O–H groups in total. The minimum absolute atomic E-state index is 1.04. The summed E-state index contributed by atoms with van der Waals surface area (Å²) in [6.07, 6.45) is 2.25. The summed E-state index contributed by atoms with van der Waals surface area (Å²) in [7, 11) is 0. The number of piperazine rings is 1. The van der Waals surface area contributed by atoms with Crippen LogP contribution in [0, 0.1) is 6.92 Å². The number of rotatable bonds is 4. The first-order chi connectivity index (χ1) is 9.38. The number of benzene rings is 1. The molecule has 2 heterocycles. The third kappa shape index (κ3) is 2.74. The second kappa shape index (κ2) is 5.88. The molecule has 0 unspecified atom stereocenters. The van der Waals surface area contributed by atoms with Gasteiger partial charge in [-0.3, -0.25) is 4.90 Å². The fourth-order valence-corrected chi connectivity index (χ4v) is 3.42. The van der Waals surface area contributed by atoms with Gasteiger partial charge in [0.1, 0.15) is 5.82 Å². The Hall–Kier alpha value is -1.13. The second-order valence-corrected chi connectivity index (χ2v) is 5.84. The van der Waals surface area contributed by atoms with E-state index in [-0.39, 0.29) is 0 Å². The Kier molecular flexibility index (Phi) is 3.99. The zero-order valence-electron chi connectivity index (χ0n) is 11.2. The lowest BCUT2D eigenvalue weighted by molar-refractivity contribution is 0.255. The van der Waals surface area contributed by atoms with Crippen LogP contribution < -0.4 is 4.90 Å². The van der Waals surface area contributed by atoms with Crippen molar-refractivity contribution in [2.24, 2.45) is 0 Å². The molecule has 101 valence electrons. The van der Waals surface area contributed by atoms with Crippen LogP contribution in [0.15, 0.2) is 24.3 Å². The fourth-order valence-electron chi connectivity index (χ4n) is 2.62. The first-order valence-electron chi connectivity index (χ1n) is 6.99. The molecule has 1 aromatic carbocycles. The van der Waals surface area contributed by atoms with E-state index >= 15 is 0 Å². The number of aromatic nitrogens is 1. The third-order valence-electron chi connectivity index (χ3n) is 3.75. The molecule has 1 aliphatic rings. The average molecular weight is 274 g/mol. The summed E-state index contributed by atoms with van der Waals surface area (Å²) in [4.78, 5) is 4.97. The van der Waals surface area contributed by atoms with Crippen LogP contribution in [0.1, 0.15) is 12.8 Å². The standard InChI is InChI=1S/C15H20N3S/c1-2-3-8-17-9-11-18(12-10-17)15-13-6-4-5-7-14(13)19-16-15/h4-7H,1-3,8-12H2. The molecule has 0 spiro atoms. The molecule has 1 aromatic heterocycles. The van der Waals surface area contributed by atoms with E-state index in [1.165, 1.54) is 28.9 Å². The Balaban J connectivity index is 1.68. The van der Waals surface area contributed by atoms with Crippen LogP contribution in [0.4, 0.5) is 5.82 Å². The lowest BCUT2D eigenvalue weighted by Crippen LogP contribution is -2.46. The maximum Gasteiger partial charge on any atom is 0.150 e. The highest BCUT2D eigenvalue weighted by atomic mass is 32.1. The summed E-state index contributed by atoms with van der Waals surface area (Å²) in [5, 5.41) is 1.30. The molecule has 1 fully saturated rings. The number of anilines is 1. The minimum Gasteiger partial charge on any atom is -0.353 e. The molecular weight excluding hydrogens is 254 g/mol. The second-order valence-electron chi connectivity index (χ2n) is 5.04. The van der Waals surface area contributed by atoms with Gasteiger partial charge < -0.3 is 4.90 Å². The van der Waals surface area contributed by atoms with E-state index in [0.29, 0.717) is 0 Å². The van der Waals surface area contributed by atoms with Gasteiger partial charge in [0, 0.05) is 31.6 Å². The molecule has 3 rings (SSSR count). The molecule has 0 atom stereocenters. The lowest BCUT2D eigenvalue weighted by Gasteiger charge is -2.35. The van der Waals surface area contributed by atoms with Gasteiger partial charge in [-0.1, -0.05) is 25.5 Å².